The molecule has 2 aromatic heterocycles. The van der Waals surface area contributed by atoms with Gasteiger partial charge in [-0.05, 0) is 60.9 Å². The minimum absolute atomic E-state index is 0.227. The Bertz CT molecular complexity index is 1380. The Balaban J connectivity index is 1.32. The van der Waals surface area contributed by atoms with E-state index < -0.39 is 11.7 Å². The lowest BCUT2D eigenvalue weighted by Crippen LogP contribution is -2.31. The number of nitrogens with zero attached hydrogens (tertiary/aromatic N) is 5. The smallest absolute Gasteiger partial charge is 0.368 e. The number of anilines is 3. The van der Waals surface area contributed by atoms with Crippen molar-refractivity contribution in [1.29, 1.82) is 0 Å². The number of H-pyrrole nitrogens is 1. The third kappa shape index (κ3) is 4.72. The quantitative estimate of drug-likeness (QED) is 0.405. The molecular weight excluding hydrogens is 471 g/mol. The molecular formula is C25H22F3N7O. The van der Waals surface area contributed by atoms with Gasteiger partial charge in [-0.15, -0.1) is 0 Å². The van der Waals surface area contributed by atoms with Crippen LogP contribution >= 0.6 is 0 Å². The largest absolute Gasteiger partial charge is 0.416 e. The second-order valence-corrected chi connectivity index (χ2v) is 8.35. The molecule has 0 unspecified atom stereocenters. The van der Waals surface area contributed by atoms with E-state index in [2.05, 4.69) is 20.2 Å². The summed E-state index contributed by atoms with van der Waals surface area (Å²) in [7, 11) is 0. The molecule has 4 aromatic rings. The van der Waals surface area contributed by atoms with E-state index in [4.69, 9.17) is 5.73 Å². The second kappa shape index (κ2) is 9.33. The highest BCUT2D eigenvalue weighted by atomic mass is 19.4. The molecule has 36 heavy (non-hydrogen) atoms. The minimum Gasteiger partial charge on any atom is -0.368 e. The molecule has 1 saturated heterocycles. The van der Waals surface area contributed by atoms with Gasteiger partial charge in [0.1, 0.15) is 0 Å². The van der Waals surface area contributed by atoms with E-state index in [-0.39, 0.29) is 12.0 Å². The van der Waals surface area contributed by atoms with E-state index in [1.807, 2.05) is 30.3 Å². The molecule has 0 bridgehead atoms. The van der Waals surface area contributed by atoms with Gasteiger partial charge in [-0.3, -0.25) is 14.9 Å². The molecule has 2 aromatic carbocycles. The summed E-state index contributed by atoms with van der Waals surface area (Å²) in [4.78, 5) is 24.4. The third-order valence-corrected chi connectivity index (χ3v) is 6.07. The van der Waals surface area contributed by atoms with Crippen molar-refractivity contribution in [2.24, 2.45) is 0 Å². The summed E-state index contributed by atoms with van der Waals surface area (Å²) in [5, 5.41) is 7.23. The van der Waals surface area contributed by atoms with Crippen LogP contribution in [0.1, 0.15) is 17.0 Å². The second-order valence-electron chi connectivity index (χ2n) is 8.35. The van der Waals surface area contributed by atoms with Crippen molar-refractivity contribution in [2.75, 3.05) is 28.6 Å². The molecule has 5 rings (SSSR count). The summed E-state index contributed by atoms with van der Waals surface area (Å²) < 4.78 is 38.7. The number of carbonyl (C=O) groups excluding carboxylic acids is 1. The maximum Gasteiger partial charge on any atom is 0.416 e. The molecule has 0 spiro atoms. The van der Waals surface area contributed by atoms with E-state index in [0.717, 1.165) is 34.6 Å². The summed E-state index contributed by atoms with van der Waals surface area (Å²) in [5.41, 5.74) is 9.57. The van der Waals surface area contributed by atoms with Crippen LogP contribution in [0.15, 0.2) is 67.0 Å². The number of urea groups is 1. The molecule has 0 saturated carbocycles. The van der Waals surface area contributed by atoms with Gasteiger partial charge in [0.15, 0.2) is 0 Å². The average Bonchev–Trinajstić information content (AvgIpc) is 3.49. The van der Waals surface area contributed by atoms with Crippen molar-refractivity contribution in [3.05, 3.63) is 83.9 Å². The van der Waals surface area contributed by atoms with E-state index in [1.165, 1.54) is 17.0 Å². The SMILES string of the molecule is Nc1nccc(CCc2[nH]ncc2-c2cccc(N3CCN(c4ccc(C(F)(F)F)cc4)C3=O)c2)n1. The minimum atomic E-state index is -4.42. The highest BCUT2D eigenvalue weighted by Gasteiger charge is 2.33. The number of alkyl halides is 3. The van der Waals surface area contributed by atoms with Crippen LogP contribution in [0.4, 0.5) is 35.3 Å². The van der Waals surface area contributed by atoms with Gasteiger partial charge in [-0.2, -0.15) is 18.3 Å². The maximum atomic E-state index is 13.1. The van der Waals surface area contributed by atoms with E-state index in [1.54, 1.807) is 17.3 Å². The number of hydrogen-bond donors (Lipinski definition) is 2. The normalized spacial score (nSPS) is 14.0. The number of aromatic amines is 1. The van der Waals surface area contributed by atoms with Gasteiger partial charge in [0.05, 0.1) is 11.8 Å². The number of aromatic nitrogens is 4. The number of nitrogens with one attached hydrogen (secondary N) is 1. The van der Waals surface area contributed by atoms with Crippen molar-refractivity contribution >= 4 is 23.4 Å². The zero-order valence-corrected chi connectivity index (χ0v) is 19.0. The topological polar surface area (TPSA) is 104 Å². The van der Waals surface area contributed by atoms with Gasteiger partial charge in [-0.25, -0.2) is 14.8 Å². The molecule has 0 aliphatic carbocycles. The number of amides is 2. The number of halogens is 3. The molecule has 3 N–H and O–H groups in total. The number of benzene rings is 2. The van der Waals surface area contributed by atoms with Crippen LogP contribution in [0.25, 0.3) is 11.1 Å². The summed E-state index contributed by atoms with van der Waals surface area (Å²) >= 11 is 0. The first-order chi connectivity index (χ1) is 17.3. The molecule has 0 radical (unpaired) electrons. The highest BCUT2D eigenvalue weighted by Crippen LogP contribution is 2.33. The van der Waals surface area contributed by atoms with Crippen LogP contribution in [0, 0.1) is 0 Å². The van der Waals surface area contributed by atoms with Crippen LogP contribution in [0.2, 0.25) is 0 Å². The number of nitrogens with two attached hydrogens (primary N) is 1. The first-order valence-corrected chi connectivity index (χ1v) is 11.3. The summed E-state index contributed by atoms with van der Waals surface area (Å²) in [5.74, 6) is 0.227. The summed E-state index contributed by atoms with van der Waals surface area (Å²) in [6.45, 7) is 0.782. The Morgan fingerprint density at radius 3 is 2.44 bits per heavy atom. The van der Waals surface area contributed by atoms with Crippen LogP contribution in [0.5, 0.6) is 0 Å². The van der Waals surface area contributed by atoms with Gasteiger partial charge in [-0.1, -0.05) is 12.1 Å². The van der Waals surface area contributed by atoms with Crippen molar-refractivity contribution in [3.63, 3.8) is 0 Å². The zero-order valence-electron chi connectivity index (χ0n) is 19.0. The van der Waals surface area contributed by atoms with Crippen molar-refractivity contribution in [2.45, 2.75) is 19.0 Å². The van der Waals surface area contributed by atoms with Gasteiger partial charge in [0, 0.05) is 47.6 Å². The number of nitrogen functional groups attached to an aromatic ring is 1. The lowest BCUT2D eigenvalue weighted by Gasteiger charge is -2.20. The van der Waals surface area contributed by atoms with E-state index in [9.17, 15) is 18.0 Å². The van der Waals surface area contributed by atoms with E-state index in [0.29, 0.717) is 37.3 Å². The van der Waals surface area contributed by atoms with E-state index >= 15 is 0 Å². The van der Waals surface area contributed by atoms with Crippen molar-refractivity contribution < 1.29 is 18.0 Å². The Labute approximate surface area is 204 Å². The van der Waals surface area contributed by atoms with Crippen LogP contribution in [0.3, 0.4) is 0 Å². The molecule has 2 amide bonds. The predicted molar refractivity (Wildman–Crippen MR) is 129 cm³/mol. The van der Waals surface area contributed by atoms with Crippen molar-refractivity contribution in [1.82, 2.24) is 20.2 Å². The van der Waals surface area contributed by atoms with Gasteiger partial charge in [0.2, 0.25) is 5.95 Å². The molecule has 11 heteroatoms. The number of hydrogen-bond acceptors (Lipinski definition) is 5. The molecule has 0 atom stereocenters. The number of aryl methyl sites for hydroxylation is 2. The highest BCUT2D eigenvalue weighted by molar-refractivity contribution is 6.06. The molecule has 1 aliphatic rings. The third-order valence-electron chi connectivity index (χ3n) is 6.07. The number of rotatable bonds is 6. The van der Waals surface area contributed by atoms with Crippen LogP contribution in [-0.2, 0) is 19.0 Å². The molecule has 8 nitrogen and oxygen atoms in total. The first-order valence-electron chi connectivity index (χ1n) is 11.3. The molecule has 3 heterocycles. The lowest BCUT2D eigenvalue weighted by atomic mass is 10.0. The van der Waals surface area contributed by atoms with Gasteiger partial charge < -0.3 is 5.73 Å². The number of carbonyl (C=O) groups is 1. The van der Waals surface area contributed by atoms with Crippen molar-refractivity contribution in [3.8, 4) is 11.1 Å². The monoisotopic (exact) mass is 493 g/mol. The average molecular weight is 493 g/mol. The summed E-state index contributed by atoms with van der Waals surface area (Å²) in [6.07, 6.45) is 0.238. The molecule has 184 valence electrons. The Kier molecular flexibility index (Phi) is 6.05. The van der Waals surface area contributed by atoms with Crippen LogP contribution in [-0.4, -0.2) is 39.3 Å². The maximum absolute atomic E-state index is 13.1. The van der Waals surface area contributed by atoms with Gasteiger partial charge in [0.25, 0.3) is 0 Å². The fourth-order valence-electron chi connectivity index (χ4n) is 4.25. The fourth-order valence-corrected chi connectivity index (χ4v) is 4.25. The Hall–Kier alpha value is -4.41. The predicted octanol–water partition coefficient (Wildman–Crippen LogP) is 4.70. The van der Waals surface area contributed by atoms with Crippen LogP contribution < -0.4 is 15.5 Å². The Morgan fingerprint density at radius 2 is 1.72 bits per heavy atom. The summed E-state index contributed by atoms with van der Waals surface area (Å²) in [6, 6.07) is 13.7. The molecule has 1 aliphatic heterocycles. The lowest BCUT2D eigenvalue weighted by molar-refractivity contribution is -0.137. The fraction of sp³-hybridized carbons (Fsp3) is 0.200. The Morgan fingerprint density at radius 1 is 0.972 bits per heavy atom. The standard InChI is InChI=1S/C25H22F3N7O/c26-25(27,28)17-4-7-19(8-5-17)34-12-13-35(24(34)36)20-3-1-2-16(14-20)21-15-31-33-22(21)9-6-18-10-11-30-23(29)32-18/h1-5,7-8,10-11,14-15H,6,9,12-13H2,(H,31,33)(H2,29,30,32). The molecule has 1 fully saturated rings. The first kappa shape index (κ1) is 23.3. The van der Waals surface area contributed by atoms with Gasteiger partial charge >= 0.3 is 12.2 Å². The zero-order chi connectivity index (χ0) is 25.3.